The molecular weight excluding hydrogens is 360 g/mol. The Labute approximate surface area is 163 Å². The average molecular weight is 380 g/mol. The molecule has 7 heteroatoms. The van der Waals surface area contributed by atoms with Crippen LogP contribution >= 0.6 is 12.2 Å². The van der Waals surface area contributed by atoms with Crippen molar-refractivity contribution in [2.75, 3.05) is 17.4 Å². The van der Waals surface area contributed by atoms with Gasteiger partial charge in [0.15, 0.2) is 16.6 Å². The summed E-state index contributed by atoms with van der Waals surface area (Å²) in [5.74, 6) is 1.47. The van der Waals surface area contributed by atoms with Crippen molar-refractivity contribution in [2.45, 2.75) is 20.4 Å². The van der Waals surface area contributed by atoms with Crippen LogP contribution in [-0.2, 0) is 6.54 Å². The summed E-state index contributed by atoms with van der Waals surface area (Å²) in [5, 5.41) is 11.4. The van der Waals surface area contributed by atoms with Gasteiger partial charge in [-0.1, -0.05) is 12.1 Å². The molecule has 0 saturated heterocycles. The van der Waals surface area contributed by atoms with E-state index in [1.807, 2.05) is 41.9 Å². The number of nitrogens with zero attached hydrogens (tertiary/aromatic N) is 2. The fourth-order valence-electron chi connectivity index (χ4n) is 2.97. The second-order valence-electron chi connectivity index (χ2n) is 6.43. The Morgan fingerprint density at radius 1 is 1.00 bits per heavy atom. The van der Waals surface area contributed by atoms with Crippen LogP contribution in [0.15, 0.2) is 48.5 Å². The van der Waals surface area contributed by atoms with Gasteiger partial charge in [0.1, 0.15) is 0 Å². The van der Waals surface area contributed by atoms with Crippen molar-refractivity contribution in [1.29, 1.82) is 0 Å². The summed E-state index contributed by atoms with van der Waals surface area (Å²) in [6, 6.07) is 15.9. The van der Waals surface area contributed by atoms with Crippen LogP contribution in [0, 0.1) is 13.8 Å². The summed E-state index contributed by atoms with van der Waals surface area (Å²) in [4.78, 5) is 0. The van der Waals surface area contributed by atoms with Gasteiger partial charge in [-0.15, -0.1) is 0 Å². The first-order valence-corrected chi connectivity index (χ1v) is 9.05. The quantitative estimate of drug-likeness (QED) is 0.665. The SMILES string of the molecule is Cc1cc(C)n(Cc2ccc(NC(=S)Nc3ccc4c(c3)OCO4)cc2)n1. The highest BCUT2D eigenvalue weighted by Gasteiger charge is 2.13. The van der Waals surface area contributed by atoms with E-state index in [1.54, 1.807) is 0 Å². The van der Waals surface area contributed by atoms with Crippen LogP contribution in [-0.4, -0.2) is 21.7 Å². The molecule has 0 amide bonds. The van der Waals surface area contributed by atoms with Gasteiger partial charge in [-0.3, -0.25) is 4.68 Å². The lowest BCUT2D eigenvalue weighted by Gasteiger charge is -2.12. The topological polar surface area (TPSA) is 60.3 Å². The number of nitrogens with one attached hydrogen (secondary N) is 2. The highest BCUT2D eigenvalue weighted by Crippen LogP contribution is 2.34. The molecule has 0 atom stereocenters. The number of anilines is 2. The van der Waals surface area contributed by atoms with Crippen molar-refractivity contribution >= 4 is 28.7 Å². The largest absolute Gasteiger partial charge is 0.454 e. The van der Waals surface area contributed by atoms with E-state index in [2.05, 4.69) is 40.9 Å². The summed E-state index contributed by atoms with van der Waals surface area (Å²) in [5.41, 5.74) is 5.14. The Bertz CT molecular complexity index is 982. The fraction of sp³-hybridized carbons (Fsp3) is 0.200. The maximum Gasteiger partial charge on any atom is 0.231 e. The van der Waals surface area contributed by atoms with Crippen LogP contribution in [0.5, 0.6) is 11.5 Å². The molecular formula is C20H20N4O2S. The van der Waals surface area contributed by atoms with Gasteiger partial charge in [0.25, 0.3) is 0 Å². The van der Waals surface area contributed by atoms with Crippen molar-refractivity contribution < 1.29 is 9.47 Å². The van der Waals surface area contributed by atoms with Crippen LogP contribution in [0.1, 0.15) is 17.0 Å². The number of hydrogen-bond acceptors (Lipinski definition) is 4. The van der Waals surface area contributed by atoms with E-state index in [1.165, 1.54) is 5.56 Å². The Morgan fingerprint density at radius 3 is 2.44 bits per heavy atom. The molecule has 4 rings (SSSR count). The molecule has 0 radical (unpaired) electrons. The molecule has 2 N–H and O–H groups in total. The minimum atomic E-state index is 0.255. The van der Waals surface area contributed by atoms with E-state index >= 15 is 0 Å². The van der Waals surface area contributed by atoms with Gasteiger partial charge >= 0.3 is 0 Å². The van der Waals surface area contributed by atoms with Gasteiger partial charge < -0.3 is 20.1 Å². The maximum atomic E-state index is 5.40. The van der Waals surface area contributed by atoms with Crippen molar-refractivity contribution in [3.63, 3.8) is 0 Å². The van der Waals surface area contributed by atoms with Crippen molar-refractivity contribution in [1.82, 2.24) is 9.78 Å². The van der Waals surface area contributed by atoms with Gasteiger partial charge in [-0.2, -0.15) is 5.10 Å². The highest BCUT2D eigenvalue weighted by atomic mass is 32.1. The number of ether oxygens (including phenoxy) is 2. The lowest BCUT2D eigenvalue weighted by molar-refractivity contribution is 0.174. The van der Waals surface area contributed by atoms with Gasteiger partial charge in [0.2, 0.25) is 6.79 Å². The number of aryl methyl sites for hydroxylation is 2. The summed E-state index contributed by atoms with van der Waals surface area (Å²) in [6.07, 6.45) is 0. The number of aromatic nitrogens is 2. The minimum absolute atomic E-state index is 0.255. The highest BCUT2D eigenvalue weighted by molar-refractivity contribution is 7.80. The molecule has 0 saturated carbocycles. The van der Waals surface area contributed by atoms with E-state index in [9.17, 15) is 0 Å². The van der Waals surface area contributed by atoms with Crippen LogP contribution in [0.3, 0.4) is 0 Å². The molecule has 0 bridgehead atoms. The zero-order valence-electron chi connectivity index (χ0n) is 15.2. The first kappa shape index (κ1) is 17.4. The predicted octanol–water partition coefficient (Wildman–Crippen LogP) is 4.09. The molecule has 2 heterocycles. The maximum absolute atomic E-state index is 5.40. The third kappa shape index (κ3) is 4.03. The van der Waals surface area contributed by atoms with E-state index in [0.29, 0.717) is 5.11 Å². The van der Waals surface area contributed by atoms with E-state index in [-0.39, 0.29) is 6.79 Å². The van der Waals surface area contributed by atoms with E-state index in [4.69, 9.17) is 21.7 Å². The molecule has 0 unspecified atom stereocenters. The molecule has 1 aliphatic rings. The van der Waals surface area contributed by atoms with Gasteiger partial charge in [0.05, 0.1) is 12.2 Å². The van der Waals surface area contributed by atoms with Gasteiger partial charge in [-0.25, -0.2) is 0 Å². The van der Waals surface area contributed by atoms with Crippen molar-refractivity contribution in [3.05, 3.63) is 65.5 Å². The smallest absolute Gasteiger partial charge is 0.231 e. The number of rotatable bonds is 4. The first-order valence-electron chi connectivity index (χ1n) is 8.64. The summed E-state index contributed by atoms with van der Waals surface area (Å²) in [6.45, 7) is 5.08. The average Bonchev–Trinajstić information content (AvgIpc) is 3.22. The second kappa shape index (κ2) is 7.28. The number of hydrogen-bond donors (Lipinski definition) is 2. The van der Waals surface area contributed by atoms with Crippen LogP contribution < -0.4 is 20.1 Å². The molecule has 3 aromatic rings. The van der Waals surface area contributed by atoms with Gasteiger partial charge in [0, 0.05) is 23.1 Å². The fourth-order valence-corrected chi connectivity index (χ4v) is 3.20. The Hall–Kier alpha value is -3.06. The standard InChI is InChI=1S/C20H20N4O2S/c1-13-9-14(2)24(23-13)11-15-3-5-16(6-4-15)21-20(27)22-17-7-8-18-19(10-17)26-12-25-18/h3-10H,11-12H2,1-2H3,(H2,21,22,27). The van der Waals surface area contributed by atoms with E-state index < -0.39 is 0 Å². The zero-order valence-corrected chi connectivity index (χ0v) is 16.0. The summed E-state index contributed by atoms with van der Waals surface area (Å²) < 4.78 is 12.7. The molecule has 1 aliphatic heterocycles. The summed E-state index contributed by atoms with van der Waals surface area (Å²) >= 11 is 5.40. The lowest BCUT2D eigenvalue weighted by Crippen LogP contribution is -2.19. The Balaban J connectivity index is 1.36. The lowest BCUT2D eigenvalue weighted by atomic mass is 10.2. The number of fused-ring (bicyclic) bond motifs is 1. The van der Waals surface area contributed by atoms with Crippen LogP contribution in [0.2, 0.25) is 0 Å². The Kier molecular flexibility index (Phi) is 4.68. The molecule has 2 aromatic carbocycles. The van der Waals surface area contributed by atoms with Gasteiger partial charge in [-0.05, 0) is 62.0 Å². The molecule has 0 aliphatic carbocycles. The predicted molar refractivity (Wildman–Crippen MR) is 110 cm³/mol. The summed E-state index contributed by atoms with van der Waals surface area (Å²) in [7, 11) is 0. The van der Waals surface area contributed by atoms with Crippen molar-refractivity contribution in [2.24, 2.45) is 0 Å². The Morgan fingerprint density at radius 2 is 1.70 bits per heavy atom. The molecule has 138 valence electrons. The molecule has 0 spiro atoms. The van der Waals surface area contributed by atoms with E-state index in [0.717, 1.165) is 40.8 Å². The number of benzene rings is 2. The molecule has 0 fully saturated rings. The normalized spacial score (nSPS) is 12.1. The first-order chi connectivity index (χ1) is 13.1. The number of thiocarbonyl (C=S) groups is 1. The third-order valence-electron chi connectivity index (χ3n) is 4.28. The second-order valence-corrected chi connectivity index (χ2v) is 6.84. The zero-order chi connectivity index (χ0) is 18.8. The monoisotopic (exact) mass is 380 g/mol. The molecule has 6 nitrogen and oxygen atoms in total. The minimum Gasteiger partial charge on any atom is -0.454 e. The van der Waals surface area contributed by atoms with Crippen LogP contribution in [0.25, 0.3) is 0 Å². The van der Waals surface area contributed by atoms with Crippen molar-refractivity contribution in [3.8, 4) is 11.5 Å². The molecule has 1 aromatic heterocycles. The molecule has 27 heavy (non-hydrogen) atoms. The van der Waals surface area contributed by atoms with Crippen LogP contribution in [0.4, 0.5) is 11.4 Å². The third-order valence-corrected chi connectivity index (χ3v) is 4.48.